The first-order valence-corrected chi connectivity index (χ1v) is 19.9. The van der Waals surface area contributed by atoms with E-state index in [1.165, 1.54) is 49.6 Å². The van der Waals surface area contributed by atoms with Crippen LogP contribution < -0.4 is 4.90 Å². The van der Waals surface area contributed by atoms with Crippen molar-refractivity contribution in [2.45, 2.75) is 0 Å². The fraction of sp³-hybridized carbons (Fsp3) is 0. The maximum Gasteiger partial charge on any atom is 0.0542 e. The van der Waals surface area contributed by atoms with Gasteiger partial charge in [-0.1, -0.05) is 188 Å². The van der Waals surface area contributed by atoms with E-state index in [1.807, 2.05) is 0 Å². The molecule has 1 heterocycles. The van der Waals surface area contributed by atoms with Crippen molar-refractivity contribution in [3.63, 3.8) is 0 Å². The van der Waals surface area contributed by atoms with Crippen LogP contribution in [0.1, 0.15) is 22.3 Å². The molecule has 10 aromatic rings. The van der Waals surface area contributed by atoms with Crippen LogP contribution in [-0.4, -0.2) is 4.57 Å². The van der Waals surface area contributed by atoms with Crippen molar-refractivity contribution in [2.24, 2.45) is 0 Å². The highest BCUT2D eigenvalue weighted by Gasteiger charge is 2.22. The summed E-state index contributed by atoms with van der Waals surface area (Å²) in [5, 5.41) is 2.42. The first-order valence-electron chi connectivity index (χ1n) is 19.9. The fourth-order valence-electron chi connectivity index (χ4n) is 8.44. The summed E-state index contributed by atoms with van der Waals surface area (Å²) in [7, 11) is 0. The SMILES string of the molecule is c1ccc(C(=C(c2ccccc2)c2cccc(N(c3ccc4c(c3)c3ccccc3n4-c3ccccc3)c3ccccc3-c3ccccc3)c2)c2ccccc2)cc1. The predicted octanol–water partition coefficient (Wildman–Crippen LogP) is 14.9. The smallest absolute Gasteiger partial charge is 0.0542 e. The molecule has 58 heavy (non-hydrogen) atoms. The molecule has 2 heteroatoms. The monoisotopic (exact) mass is 740 g/mol. The van der Waals surface area contributed by atoms with Crippen LogP contribution in [0.3, 0.4) is 0 Å². The highest BCUT2D eigenvalue weighted by molar-refractivity contribution is 6.11. The van der Waals surface area contributed by atoms with Crippen molar-refractivity contribution in [1.29, 1.82) is 0 Å². The molecule has 0 aliphatic carbocycles. The Bertz CT molecular complexity index is 2980. The van der Waals surface area contributed by atoms with Gasteiger partial charge in [0.25, 0.3) is 0 Å². The van der Waals surface area contributed by atoms with Crippen molar-refractivity contribution in [3.05, 3.63) is 265 Å². The zero-order valence-electron chi connectivity index (χ0n) is 32.0. The number of hydrogen-bond acceptors (Lipinski definition) is 1. The van der Waals surface area contributed by atoms with Crippen LogP contribution in [0.15, 0.2) is 243 Å². The average Bonchev–Trinajstić information content (AvgIpc) is 3.64. The molecule has 0 atom stereocenters. The Hall–Kier alpha value is -7.68. The Kier molecular flexibility index (Phi) is 9.27. The van der Waals surface area contributed by atoms with Gasteiger partial charge in [0.15, 0.2) is 0 Å². The van der Waals surface area contributed by atoms with Gasteiger partial charge in [0.1, 0.15) is 0 Å². The Morgan fingerprint density at radius 2 is 0.810 bits per heavy atom. The molecule has 0 unspecified atom stereocenters. The number of fused-ring (bicyclic) bond motifs is 3. The van der Waals surface area contributed by atoms with E-state index >= 15 is 0 Å². The number of anilines is 3. The lowest BCUT2D eigenvalue weighted by molar-refractivity contribution is 1.18. The van der Waals surface area contributed by atoms with Gasteiger partial charge in [0.2, 0.25) is 0 Å². The Morgan fingerprint density at radius 1 is 0.328 bits per heavy atom. The van der Waals surface area contributed by atoms with Gasteiger partial charge < -0.3 is 9.47 Å². The molecule has 10 rings (SSSR count). The van der Waals surface area contributed by atoms with Gasteiger partial charge in [-0.15, -0.1) is 0 Å². The molecule has 0 N–H and O–H groups in total. The lowest BCUT2D eigenvalue weighted by atomic mass is 9.85. The number of rotatable bonds is 9. The highest BCUT2D eigenvalue weighted by Crippen LogP contribution is 2.45. The number of nitrogens with zero attached hydrogens (tertiary/aromatic N) is 2. The minimum Gasteiger partial charge on any atom is -0.310 e. The lowest BCUT2D eigenvalue weighted by Crippen LogP contribution is -2.12. The van der Waals surface area contributed by atoms with Crippen LogP contribution in [0.2, 0.25) is 0 Å². The van der Waals surface area contributed by atoms with E-state index in [0.717, 1.165) is 39.4 Å². The molecule has 0 radical (unpaired) electrons. The lowest BCUT2D eigenvalue weighted by Gasteiger charge is -2.29. The zero-order valence-corrected chi connectivity index (χ0v) is 32.0. The fourth-order valence-corrected chi connectivity index (χ4v) is 8.44. The molecule has 0 fully saturated rings. The van der Waals surface area contributed by atoms with Crippen LogP contribution >= 0.6 is 0 Å². The summed E-state index contributed by atoms with van der Waals surface area (Å²) in [6, 6.07) is 87.3. The first-order chi connectivity index (χ1) is 28.8. The number of benzene rings is 9. The molecule has 0 bridgehead atoms. The van der Waals surface area contributed by atoms with E-state index in [1.54, 1.807) is 0 Å². The molecular formula is C56H40N2. The Balaban J connectivity index is 1.25. The number of aromatic nitrogens is 1. The Labute approximate surface area is 339 Å². The minimum absolute atomic E-state index is 1.07. The van der Waals surface area contributed by atoms with Gasteiger partial charge in [-0.25, -0.2) is 0 Å². The molecule has 274 valence electrons. The van der Waals surface area contributed by atoms with E-state index in [9.17, 15) is 0 Å². The Morgan fingerprint density at radius 3 is 1.47 bits per heavy atom. The van der Waals surface area contributed by atoms with Crippen molar-refractivity contribution in [3.8, 4) is 16.8 Å². The zero-order chi connectivity index (χ0) is 38.7. The summed E-state index contributed by atoms with van der Waals surface area (Å²) in [5.41, 5.74) is 16.1. The minimum atomic E-state index is 1.07. The van der Waals surface area contributed by atoms with E-state index in [4.69, 9.17) is 0 Å². The molecular weight excluding hydrogens is 701 g/mol. The second-order valence-corrected chi connectivity index (χ2v) is 14.5. The van der Waals surface area contributed by atoms with E-state index in [-0.39, 0.29) is 0 Å². The molecule has 0 spiro atoms. The van der Waals surface area contributed by atoms with Gasteiger partial charge in [-0.2, -0.15) is 0 Å². The maximum absolute atomic E-state index is 2.44. The van der Waals surface area contributed by atoms with E-state index in [2.05, 4.69) is 252 Å². The molecule has 0 saturated carbocycles. The third kappa shape index (κ3) is 6.47. The van der Waals surface area contributed by atoms with Crippen LogP contribution in [0.25, 0.3) is 49.8 Å². The summed E-state index contributed by atoms with van der Waals surface area (Å²) >= 11 is 0. The van der Waals surface area contributed by atoms with Gasteiger partial charge in [-0.3, -0.25) is 0 Å². The summed E-state index contributed by atoms with van der Waals surface area (Å²) in [5.74, 6) is 0. The first kappa shape index (κ1) is 34.8. The molecule has 2 nitrogen and oxygen atoms in total. The molecule has 0 aliphatic rings. The van der Waals surface area contributed by atoms with Crippen molar-refractivity contribution in [2.75, 3.05) is 4.90 Å². The number of hydrogen-bond donors (Lipinski definition) is 0. The van der Waals surface area contributed by atoms with Gasteiger partial charge in [-0.05, 0) is 93.6 Å². The van der Waals surface area contributed by atoms with Crippen molar-refractivity contribution in [1.82, 2.24) is 4.57 Å². The van der Waals surface area contributed by atoms with E-state index in [0.29, 0.717) is 0 Å². The normalized spacial score (nSPS) is 11.1. The molecule has 0 aliphatic heterocycles. The average molecular weight is 741 g/mol. The van der Waals surface area contributed by atoms with Crippen LogP contribution in [0.4, 0.5) is 17.1 Å². The summed E-state index contributed by atoms with van der Waals surface area (Å²) < 4.78 is 2.38. The maximum atomic E-state index is 2.44. The third-order valence-corrected chi connectivity index (χ3v) is 11.0. The standard InChI is InChI=1S/C56H40N2/c1-6-21-41(22-7-1)49-33-16-18-35-52(49)57(48-37-38-54-51(40-48)50-34-17-19-36-53(50)58(54)46-30-14-5-15-31-46)47-32-20-29-45(39-47)56(44-27-12-4-13-28-44)55(42-23-8-2-9-24-42)43-25-10-3-11-26-43/h1-40H. The predicted molar refractivity (Wildman–Crippen MR) is 245 cm³/mol. The van der Waals surface area contributed by atoms with Crippen LogP contribution in [-0.2, 0) is 0 Å². The summed E-state index contributed by atoms with van der Waals surface area (Å²) in [6.07, 6.45) is 0. The number of para-hydroxylation sites is 3. The molecule has 0 saturated heterocycles. The van der Waals surface area contributed by atoms with E-state index < -0.39 is 0 Å². The molecule has 0 amide bonds. The molecule has 1 aromatic heterocycles. The largest absolute Gasteiger partial charge is 0.310 e. The van der Waals surface area contributed by atoms with Crippen LogP contribution in [0, 0.1) is 0 Å². The second-order valence-electron chi connectivity index (χ2n) is 14.5. The van der Waals surface area contributed by atoms with Gasteiger partial charge in [0.05, 0.1) is 16.7 Å². The van der Waals surface area contributed by atoms with Gasteiger partial charge in [0, 0.05) is 33.4 Å². The van der Waals surface area contributed by atoms with Crippen molar-refractivity contribution < 1.29 is 0 Å². The molecule has 9 aromatic carbocycles. The summed E-state index contributed by atoms with van der Waals surface area (Å²) in [6.45, 7) is 0. The van der Waals surface area contributed by atoms with Crippen molar-refractivity contribution >= 4 is 50.0 Å². The van der Waals surface area contributed by atoms with Gasteiger partial charge >= 0.3 is 0 Å². The van der Waals surface area contributed by atoms with Crippen LogP contribution in [0.5, 0.6) is 0 Å². The third-order valence-electron chi connectivity index (χ3n) is 11.0. The second kappa shape index (κ2) is 15.5. The summed E-state index contributed by atoms with van der Waals surface area (Å²) in [4.78, 5) is 2.44. The topological polar surface area (TPSA) is 8.17 Å². The quantitative estimate of drug-likeness (QED) is 0.134. The highest BCUT2D eigenvalue weighted by atomic mass is 15.1.